The number of hydrogen-bond donors (Lipinski definition) is 1. The number of nitrogens with zero attached hydrogens (tertiary/aromatic N) is 4. The molecule has 1 aromatic carbocycles. The first-order chi connectivity index (χ1) is 16.9. The van der Waals surface area contributed by atoms with E-state index in [0.717, 1.165) is 67.3 Å². The summed E-state index contributed by atoms with van der Waals surface area (Å²) in [6.45, 7) is 10.0. The van der Waals surface area contributed by atoms with Gasteiger partial charge >= 0.3 is 0 Å². The van der Waals surface area contributed by atoms with Crippen LogP contribution in [0, 0.1) is 0 Å². The fourth-order valence-electron chi connectivity index (χ4n) is 5.50. The highest BCUT2D eigenvalue weighted by molar-refractivity contribution is 5.78. The third-order valence-electron chi connectivity index (χ3n) is 7.14. The van der Waals surface area contributed by atoms with Gasteiger partial charge in [0.25, 0.3) is 0 Å². The van der Waals surface area contributed by atoms with Crippen molar-refractivity contribution in [2.75, 3.05) is 24.6 Å². The number of pyridine rings is 1. The van der Waals surface area contributed by atoms with E-state index in [-0.39, 0.29) is 11.8 Å². The first-order valence-electron chi connectivity index (χ1n) is 12.9. The van der Waals surface area contributed by atoms with Crippen LogP contribution in [-0.2, 0) is 11.3 Å². The standard InChI is InChI=1S/C28H35N5O2/c1-28(2,3)31-22-11-12-32(17-22)25-10-9-24-23-8-7-19(14-20(23)18-35-27(24)30-25)21-15-29-33(16-21)26-6-4-5-13-34-26/h7-10,14-16,22,26,31H,4-6,11-13,17-18H2,1-3H3/t22-,26?/m0/s1. The number of nitrogens with one attached hydrogen (secondary N) is 1. The van der Waals surface area contributed by atoms with Gasteiger partial charge in [0.15, 0.2) is 0 Å². The van der Waals surface area contributed by atoms with Crippen molar-refractivity contribution in [3.63, 3.8) is 0 Å². The summed E-state index contributed by atoms with van der Waals surface area (Å²) in [4.78, 5) is 7.27. The largest absolute Gasteiger partial charge is 0.472 e. The van der Waals surface area contributed by atoms with Crippen LogP contribution in [0.5, 0.6) is 5.88 Å². The molecule has 2 atom stereocenters. The molecule has 1 unspecified atom stereocenters. The minimum absolute atomic E-state index is 0.0562. The normalized spacial score (nSPS) is 22.0. The maximum Gasteiger partial charge on any atom is 0.223 e. The summed E-state index contributed by atoms with van der Waals surface area (Å²) in [5, 5.41) is 8.30. The molecule has 35 heavy (non-hydrogen) atoms. The minimum Gasteiger partial charge on any atom is -0.472 e. The van der Waals surface area contributed by atoms with Gasteiger partial charge < -0.3 is 19.7 Å². The molecule has 5 heterocycles. The number of benzene rings is 1. The van der Waals surface area contributed by atoms with Crippen LogP contribution in [0.15, 0.2) is 42.7 Å². The zero-order valence-corrected chi connectivity index (χ0v) is 21.0. The average molecular weight is 474 g/mol. The van der Waals surface area contributed by atoms with Gasteiger partial charge in [0.05, 0.1) is 6.20 Å². The Bertz CT molecular complexity index is 1210. The number of fused-ring (bicyclic) bond motifs is 3. The van der Waals surface area contributed by atoms with Crippen LogP contribution in [0.2, 0.25) is 0 Å². The highest BCUT2D eigenvalue weighted by Gasteiger charge is 2.28. The van der Waals surface area contributed by atoms with Gasteiger partial charge in [-0.1, -0.05) is 12.1 Å². The van der Waals surface area contributed by atoms with E-state index in [9.17, 15) is 0 Å². The molecule has 0 amide bonds. The summed E-state index contributed by atoms with van der Waals surface area (Å²) in [6.07, 6.45) is 8.57. The van der Waals surface area contributed by atoms with Crippen molar-refractivity contribution in [3.05, 3.63) is 48.3 Å². The third kappa shape index (κ3) is 4.67. The van der Waals surface area contributed by atoms with Crippen molar-refractivity contribution >= 4 is 5.82 Å². The Kier molecular flexibility index (Phi) is 5.77. The monoisotopic (exact) mass is 473 g/mol. The molecule has 0 aliphatic carbocycles. The van der Waals surface area contributed by atoms with Crippen LogP contribution in [0.1, 0.15) is 58.2 Å². The lowest BCUT2D eigenvalue weighted by Gasteiger charge is -2.26. The van der Waals surface area contributed by atoms with E-state index in [0.29, 0.717) is 12.6 Å². The Morgan fingerprint density at radius 1 is 1.03 bits per heavy atom. The van der Waals surface area contributed by atoms with Crippen molar-refractivity contribution < 1.29 is 9.47 Å². The lowest BCUT2D eigenvalue weighted by atomic mass is 9.95. The quantitative estimate of drug-likeness (QED) is 0.564. The molecule has 2 aromatic heterocycles. The SMILES string of the molecule is CC(C)(C)N[C@H]1CCN(c2ccc3c(n2)OCc2cc(-c4cnn(C5CCCCO5)c4)ccc2-3)C1. The summed E-state index contributed by atoms with van der Waals surface area (Å²) in [7, 11) is 0. The van der Waals surface area contributed by atoms with Crippen molar-refractivity contribution in [2.24, 2.45) is 0 Å². The second-order valence-corrected chi connectivity index (χ2v) is 11.0. The van der Waals surface area contributed by atoms with Crippen LogP contribution >= 0.6 is 0 Å². The number of ether oxygens (including phenoxy) is 2. The molecule has 1 N–H and O–H groups in total. The molecule has 2 fully saturated rings. The Morgan fingerprint density at radius 2 is 1.91 bits per heavy atom. The second kappa shape index (κ2) is 8.95. The number of rotatable bonds is 4. The first kappa shape index (κ1) is 22.6. The Hall–Kier alpha value is -2.90. The number of anilines is 1. The Morgan fingerprint density at radius 3 is 2.74 bits per heavy atom. The summed E-state index contributed by atoms with van der Waals surface area (Å²) < 4.78 is 14.0. The predicted molar refractivity (Wildman–Crippen MR) is 138 cm³/mol. The van der Waals surface area contributed by atoms with Crippen molar-refractivity contribution in [2.45, 2.75) is 70.9 Å². The molecule has 0 spiro atoms. The summed E-state index contributed by atoms with van der Waals surface area (Å²) in [6, 6.07) is 11.4. The van der Waals surface area contributed by atoms with Crippen LogP contribution < -0.4 is 15.0 Å². The summed E-state index contributed by atoms with van der Waals surface area (Å²) in [5.41, 5.74) is 5.83. The smallest absolute Gasteiger partial charge is 0.223 e. The van der Waals surface area contributed by atoms with Crippen molar-refractivity contribution in [1.82, 2.24) is 20.1 Å². The third-order valence-corrected chi connectivity index (χ3v) is 7.14. The van der Waals surface area contributed by atoms with Crippen LogP contribution in [-0.4, -0.2) is 46.0 Å². The van der Waals surface area contributed by atoms with E-state index in [1.165, 1.54) is 17.5 Å². The van der Waals surface area contributed by atoms with Gasteiger partial charge in [-0.05, 0) is 81.3 Å². The van der Waals surface area contributed by atoms with Crippen LogP contribution in [0.4, 0.5) is 5.82 Å². The second-order valence-electron chi connectivity index (χ2n) is 11.0. The molecule has 184 valence electrons. The maximum atomic E-state index is 6.15. The van der Waals surface area contributed by atoms with Crippen LogP contribution in [0.25, 0.3) is 22.3 Å². The van der Waals surface area contributed by atoms with Gasteiger partial charge in [-0.3, -0.25) is 0 Å². The maximum absolute atomic E-state index is 6.15. The molecule has 3 aromatic rings. The first-order valence-corrected chi connectivity index (χ1v) is 12.9. The van der Waals surface area contributed by atoms with Gasteiger partial charge in [-0.15, -0.1) is 0 Å². The van der Waals surface area contributed by atoms with E-state index < -0.39 is 0 Å². The van der Waals surface area contributed by atoms with Gasteiger partial charge in [-0.25, -0.2) is 4.68 Å². The van der Waals surface area contributed by atoms with E-state index >= 15 is 0 Å². The van der Waals surface area contributed by atoms with Gasteiger partial charge in [-0.2, -0.15) is 10.1 Å². The highest BCUT2D eigenvalue weighted by Crippen LogP contribution is 2.39. The van der Waals surface area contributed by atoms with E-state index in [2.05, 4.69) is 72.6 Å². The fraction of sp³-hybridized carbons (Fsp3) is 0.500. The molecule has 0 radical (unpaired) electrons. The predicted octanol–water partition coefficient (Wildman–Crippen LogP) is 5.17. The number of aromatic nitrogens is 3. The lowest BCUT2D eigenvalue weighted by molar-refractivity contribution is -0.0394. The average Bonchev–Trinajstić information content (AvgIpc) is 3.53. The molecule has 0 bridgehead atoms. The van der Waals surface area contributed by atoms with Gasteiger partial charge in [0.2, 0.25) is 5.88 Å². The highest BCUT2D eigenvalue weighted by atomic mass is 16.5. The van der Waals surface area contributed by atoms with Gasteiger partial charge in [0, 0.05) is 48.6 Å². The fourth-order valence-corrected chi connectivity index (χ4v) is 5.50. The molecular weight excluding hydrogens is 438 g/mol. The summed E-state index contributed by atoms with van der Waals surface area (Å²) in [5.74, 6) is 1.73. The molecule has 7 nitrogen and oxygen atoms in total. The zero-order valence-electron chi connectivity index (χ0n) is 21.0. The molecule has 2 saturated heterocycles. The molecule has 7 heteroatoms. The molecular formula is C28H35N5O2. The lowest BCUT2D eigenvalue weighted by Crippen LogP contribution is -2.44. The van der Waals surface area contributed by atoms with E-state index in [4.69, 9.17) is 14.5 Å². The topological polar surface area (TPSA) is 64.4 Å². The summed E-state index contributed by atoms with van der Waals surface area (Å²) >= 11 is 0. The Labute approximate surface area is 207 Å². The zero-order chi connectivity index (χ0) is 24.0. The van der Waals surface area contributed by atoms with Gasteiger partial charge in [0.1, 0.15) is 18.7 Å². The van der Waals surface area contributed by atoms with Crippen molar-refractivity contribution in [1.29, 1.82) is 0 Å². The molecule has 0 saturated carbocycles. The molecule has 3 aliphatic heterocycles. The number of hydrogen-bond acceptors (Lipinski definition) is 6. The Balaban J connectivity index is 1.20. The minimum atomic E-state index is 0.0562. The van der Waals surface area contributed by atoms with E-state index in [1.54, 1.807) is 0 Å². The van der Waals surface area contributed by atoms with Crippen molar-refractivity contribution in [3.8, 4) is 28.1 Å². The molecule has 3 aliphatic rings. The molecule has 6 rings (SSSR count). The van der Waals surface area contributed by atoms with E-state index in [1.807, 2.05) is 10.9 Å². The van der Waals surface area contributed by atoms with Crippen LogP contribution in [0.3, 0.4) is 0 Å².